The van der Waals surface area contributed by atoms with E-state index < -0.39 is 11.7 Å². The van der Waals surface area contributed by atoms with E-state index >= 15 is 0 Å². The maximum atomic E-state index is 13.2. The first kappa shape index (κ1) is 19.3. The van der Waals surface area contributed by atoms with Crippen molar-refractivity contribution in [2.45, 2.75) is 19.8 Å². The van der Waals surface area contributed by atoms with Crippen molar-refractivity contribution in [1.29, 1.82) is 0 Å². The Morgan fingerprint density at radius 3 is 2.60 bits per heavy atom. The highest BCUT2D eigenvalue weighted by Crippen LogP contribution is 2.36. The molecule has 7 heteroatoms. The zero-order chi connectivity index (χ0) is 18.4. The number of anilines is 1. The second kappa shape index (κ2) is 8.92. The minimum atomic E-state index is -0.557. The lowest BCUT2D eigenvalue weighted by atomic mass is 10.1. The topological polar surface area (TPSA) is 47.6 Å². The van der Waals surface area contributed by atoms with E-state index in [4.69, 9.17) is 32.7 Å². The maximum Gasteiger partial charge on any atom is 0.255 e. The fourth-order valence-corrected chi connectivity index (χ4v) is 2.53. The van der Waals surface area contributed by atoms with Crippen LogP contribution in [0.15, 0.2) is 30.3 Å². The molecule has 1 amide bonds. The predicted molar refractivity (Wildman–Crippen MR) is 97.8 cm³/mol. The van der Waals surface area contributed by atoms with E-state index in [1.807, 2.05) is 0 Å². The summed E-state index contributed by atoms with van der Waals surface area (Å²) in [6.45, 7) is 2.56. The van der Waals surface area contributed by atoms with E-state index in [0.717, 1.165) is 12.8 Å². The van der Waals surface area contributed by atoms with Gasteiger partial charge in [0.25, 0.3) is 5.91 Å². The zero-order valence-electron chi connectivity index (χ0n) is 13.9. The molecule has 0 saturated heterocycles. The summed E-state index contributed by atoms with van der Waals surface area (Å²) < 4.78 is 24.1. The highest BCUT2D eigenvalue weighted by atomic mass is 35.5. The lowest BCUT2D eigenvalue weighted by Crippen LogP contribution is -2.12. The van der Waals surface area contributed by atoms with Crippen LogP contribution in [0.2, 0.25) is 10.0 Å². The molecular formula is C18H18Cl2FNO3. The first-order valence-corrected chi connectivity index (χ1v) is 8.48. The number of carbonyl (C=O) groups is 1. The molecular weight excluding hydrogens is 368 g/mol. The number of benzene rings is 2. The molecule has 25 heavy (non-hydrogen) atoms. The van der Waals surface area contributed by atoms with E-state index in [1.54, 1.807) is 0 Å². The molecule has 0 aliphatic rings. The monoisotopic (exact) mass is 385 g/mol. The molecule has 0 radical (unpaired) electrons. The molecule has 0 unspecified atom stereocenters. The third-order valence-corrected chi connectivity index (χ3v) is 3.98. The lowest BCUT2D eigenvalue weighted by Gasteiger charge is -2.14. The van der Waals surface area contributed by atoms with Crippen LogP contribution in [-0.4, -0.2) is 19.6 Å². The van der Waals surface area contributed by atoms with Crippen LogP contribution in [0.3, 0.4) is 0 Å². The maximum absolute atomic E-state index is 13.2. The summed E-state index contributed by atoms with van der Waals surface area (Å²) >= 11 is 11.9. The molecule has 2 aromatic carbocycles. The Kier molecular flexibility index (Phi) is 6.91. The first-order chi connectivity index (χ1) is 12.0. The minimum absolute atomic E-state index is 0.0758. The van der Waals surface area contributed by atoms with Crippen molar-refractivity contribution >= 4 is 34.8 Å². The molecule has 0 atom stereocenters. The number of unbranched alkanes of at least 4 members (excludes halogenated alkanes) is 1. The molecule has 0 aromatic heterocycles. The number of hydrogen-bond acceptors (Lipinski definition) is 3. The van der Waals surface area contributed by atoms with Gasteiger partial charge in [-0.05, 0) is 36.8 Å². The van der Waals surface area contributed by atoms with E-state index in [-0.39, 0.29) is 15.6 Å². The Bertz CT molecular complexity index is 768. The van der Waals surface area contributed by atoms with Crippen LogP contribution in [-0.2, 0) is 0 Å². The van der Waals surface area contributed by atoms with Crippen LogP contribution in [0, 0.1) is 5.82 Å². The molecule has 1 N–H and O–H groups in total. The highest BCUT2D eigenvalue weighted by Gasteiger charge is 2.16. The van der Waals surface area contributed by atoms with Crippen molar-refractivity contribution in [2.75, 3.05) is 19.0 Å². The second-order valence-corrected chi connectivity index (χ2v) is 6.09. The lowest BCUT2D eigenvalue weighted by molar-refractivity contribution is 0.102. The number of ether oxygens (including phenoxy) is 2. The van der Waals surface area contributed by atoms with Crippen LogP contribution in [0.4, 0.5) is 10.1 Å². The van der Waals surface area contributed by atoms with Crippen molar-refractivity contribution in [3.63, 3.8) is 0 Å². The van der Waals surface area contributed by atoms with Crippen LogP contribution < -0.4 is 14.8 Å². The standard InChI is InChI=1S/C18H18Cl2FNO3/c1-3-4-7-25-17-14(20)8-11(9-16(17)24-2)18(23)22-12-5-6-15(21)13(19)10-12/h5-6,8-10H,3-4,7H2,1-2H3,(H,22,23). The summed E-state index contributed by atoms with van der Waals surface area (Å²) in [6.07, 6.45) is 1.87. The number of rotatable bonds is 7. The van der Waals surface area contributed by atoms with Gasteiger partial charge in [-0.2, -0.15) is 0 Å². The molecule has 0 aliphatic heterocycles. The quantitative estimate of drug-likeness (QED) is 0.633. The SMILES string of the molecule is CCCCOc1c(Cl)cc(C(=O)Nc2ccc(F)c(Cl)c2)cc1OC. The first-order valence-electron chi connectivity index (χ1n) is 7.73. The third kappa shape index (κ3) is 5.00. The number of halogens is 3. The Balaban J connectivity index is 2.21. The smallest absolute Gasteiger partial charge is 0.255 e. The molecule has 0 saturated carbocycles. The molecule has 134 valence electrons. The van der Waals surface area contributed by atoms with Gasteiger partial charge < -0.3 is 14.8 Å². The summed E-state index contributed by atoms with van der Waals surface area (Å²) in [5.74, 6) is -0.217. The van der Waals surface area contributed by atoms with E-state index in [2.05, 4.69) is 12.2 Å². The van der Waals surface area contributed by atoms with E-state index in [9.17, 15) is 9.18 Å². The fourth-order valence-electron chi connectivity index (χ4n) is 2.09. The average Bonchev–Trinajstić information content (AvgIpc) is 2.59. The molecule has 4 nitrogen and oxygen atoms in total. The van der Waals surface area contributed by atoms with Crippen LogP contribution in [0.25, 0.3) is 0 Å². The molecule has 0 fully saturated rings. The summed E-state index contributed by atoms with van der Waals surface area (Å²) in [6, 6.07) is 6.95. The number of carbonyl (C=O) groups excluding carboxylic acids is 1. The van der Waals surface area contributed by atoms with Gasteiger partial charge in [0.1, 0.15) is 5.82 Å². The number of nitrogens with one attached hydrogen (secondary N) is 1. The number of amides is 1. The number of methoxy groups -OCH3 is 1. The summed E-state index contributed by atoms with van der Waals surface area (Å²) in [4.78, 5) is 12.4. The molecule has 0 heterocycles. The molecule has 0 spiro atoms. The van der Waals surface area contributed by atoms with Crippen molar-refractivity contribution in [1.82, 2.24) is 0 Å². The Hall–Kier alpha value is -1.98. The molecule has 0 aliphatic carbocycles. The van der Waals surface area contributed by atoms with Gasteiger partial charge in [0.2, 0.25) is 0 Å². The van der Waals surface area contributed by atoms with E-state index in [0.29, 0.717) is 23.8 Å². The predicted octanol–water partition coefficient (Wildman–Crippen LogP) is 5.57. The van der Waals surface area contributed by atoms with Crippen molar-refractivity contribution in [2.24, 2.45) is 0 Å². The second-order valence-electron chi connectivity index (χ2n) is 5.27. The van der Waals surface area contributed by atoms with E-state index in [1.165, 1.54) is 37.4 Å². The summed E-state index contributed by atoms with van der Waals surface area (Å²) in [7, 11) is 1.47. The van der Waals surface area contributed by atoms with Gasteiger partial charge in [0.15, 0.2) is 11.5 Å². The molecule has 2 aromatic rings. The number of hydrogen-bond donors (Lipinski definition) is 1. The van der Waals surface area contributed by atoms with Crippen LogP contribution >= 0.6 is 23.2 Å². The zero-order valence-corrected chi connectivity index (χ0v) is 15.4. The summed E-state index contributed by atoms with van der Waals surface area (Å²) in [5, 5.41) is 2.83. The highest BCUT2D eigenvalue weighted by molar-refractivity contribution is 6.33. The third-order valence-electron chi connectivity index (χ3n) is 3.41. The van der Waals surface area contributed by atoms with Crippen LogP contribution in [0.5, 0.6) is 11.5 Å². The van der Waals surface area contributed by atoms with Gasteiger partial charge in [-0.3, -0.25) is 4.79 Å². The van der Waals surface area contributed by atoms with Crippen molar-refractivity contribution in [3.8, 4) is 11.5 Å². The van der Waals surface area contributed by atoms with Gasteiger partial charge in [0.05, 0.1) is 23.8 Å². The van der Waals surface area contributed by atoms with Gasteiger partial charge in [-0.25, -0.2) is 4.39 Å². The molecule has 2 rings (SSSR count). The van der Waals surface area contributed by atoms with Gasteiger partial charge in [-0.15, -0.1) is 0 Å². The summed E-state index contributed by atoms with van der Waals surface area (Å²) in [5.41, 5.74) is 0.653. The minimum Gasteiger partial charge on any atom is -0.493 e. The normalized spacial score (nSPS) is 10.4. The Morgan fingerprint density at radius 2 is 1.96 bits per heavy atom. The van der Waals surface area contributed by atoms with Crippen molar-refractivity contribution < 1.29 is 18.7 Å². The van der Waals surface area contributed by atoms with Crippen molar-refractivity contribution in [3.05, 3.63) is 51.8 Å². The van der Waals surface area contributed by atoms with Gasteiger partial charge >= 0.3 is 0 Å². The Morgan fingerprint density at radius 1 is 1.20 bits per heavy atom. The average molecular weight is 386 g/mol. The van der Waals surface area contributed by atoms with Gasteiger partial charge in [0, 0.05) is 11.3 Å². The largest absolute Gasteiger partial charge is 0.493 e. The Labute approximate surface area is 155 Å². The van der Waals surface area contributed by atoms with Crippen LogP contribution in [0.1, 0.15) is 30.1 Å². The fraction of sp³-hybridized carbons (Fsp3) is 0.278. The van der Waals surface area contributed by atoms with Gasteiger partial charge in [-0.1, -0.05) is 36.5 Å². The molecule has 0 bridgehead atoms.